The lowest BCUT2D eigenvalue weighted by Crippen LogP contribution is -2.50. The summed E-state index contributed by atoms with van der Waals surface area (Å²) in [7, 11) is 1.99. The first-order valence-corrected chi connectivity index (χ1v) is 16.1. The predicted octanol–water partition coefficient (Wildman–Crippen LogP) is 3.85. The number of aliphatic hydroxyl groups is 2. The first kappa shape index (κ1) is 36.5. The van der Waals surface area contributed by atoms with Gasteiger partial charge in [0.2, 0.25) is 0 Å². The van der Waals surface area contributed by atoms with Gasteiger partial charge in [0.15, 0.2) is 6.10 Å². The van der Waals surface area contributed by atoms with Gasteiger partial charge in [-0.25, -0.2) is 14.0 Å². The lowest BCUT2D eigenvalue weighted by molar-refractivity contribution is -0.151. The average Bonchev–Trinajstić information content (AvgIpc) is 3.48. The van der Waals surface area contributed by atoms with Gasteiger partial charge in [0, 0.05) is 44.6 Å². The number of esters is 1. The number of likely N-dealkylation sites (N-methyl/N-ethyl adjacent to an activating group) is 1. The van der Waals surface area contributed by atoms with Crippen molar-refractivity contribution in [3.8, 4) is 0 Å². The van der Waals surface area contributed by atoms with Crippen LogP contribution < -0.4 is 0 Å². The second-order valence-corrected chi connectivity index (χ2v) is 13.0. The van der Waals surface area contributed by atoms with Crippen molar-refractivity contribution in [3.05, 3.63) is 36.0 Å². The number of likely N-dealkylation sites (tertiary alicyclic amines) is 1. The third-order valence-electron chi connectivity index (χ3n) is 8.82. The van der Waals surface area contributed by atoms with Crippen molar-refractivity contribution in [3.63, 3.8) is 0 Å². The number of nitrogens with zero attached hydrogens (tertiary/aromatic N) is 3. The number of hydrogen-bond donors (Lipinski definition) is 2. The van der Waals surface area contributed by atoms with Crippen LogP contribution in [0.3, 0.4) is 0 Å². The zero-order valence-corrected chi connectivity index (χ0v) is 27.4. The first-order valence-electron chi connectivity index (χ1n) is 16.1. The Hall–Kier alpha value is -2.96. The highest BCUT2D eigenvalue weighted by Gasteiger charge is 2.37. The van der Waals surface area contributed by atoms with E-state index in [1.165, 1.54) is 4.90 Å². The van der Waals surface area contributed by atoms with Crippen LogP contribution in [0.15, 0.2) is 36.0 Å². The minimum atomic E-state index is -1.48. The van der Waals surface area contributed by atoms with Crippen LogP contribution in [0, 0.1) is 11.8 Å². The summed E-state index contributed by atoms with van der Waals surface area (Å²) in [6.45, 7) is 9.71. The molecular weight excluding hydrogens is 585 g/mol. The van der Waals surface area contributed by atoms with Crippen molar-refractivity contribution in [2.45, 2.75) is 89.8 Å². The maximum absolute atomic E-state index is 13.1. The molecule has 0 bridgehead atoms. The zero-order chi connectivity index (χ0) is 33.1. The summed E-state index contributed by atoms with van der Waals surface area (Å²) in [5, 5.41) is 21.9. The molecule has 2 amide bonds. The minimum absolute atomic E-state index is 0.107. The number of hydrogen-bond acceptors (Lipinski definition) is 9. The minimum Gasteiger partial charge on any atom is -0.457 e. The number of cyclic esters (lactones) is 1. The number of rotatable bonds is 7. The summed E-state index contributed by atoms with van der Waals surface area (Å²) in [6.07, 6.45) is 6.56. The Morgan fingerprint density at radius 1 is 1.18 bits per heavy atom. The number of halogens is 1. The van der Waals surface area contributed by atoms with Crippen LogP contribution in [0.25, 0.3) is 0 Å². The lowest BCUT2D eigenvalue weighted by atomic mass is 9.89. The fourth-order valence-electron chi connectivity index (χ4n) is 5.69. The van der Waals surface area contributed by atoms with E-state index in [0.717, 1.165) is 25.1 Å². The third kappa shape index (κ3) is 11.1. The van der Waals surface area contributed by atoms with E-state index in [4.69, 9.17) is 14.2 Å². The van der Waals surface area contributed by atoms with Crippen LogP contribution in [0.1, 0.15) is 59.8 Å². The van der Waals surface area contributed by atoms with E-state index in [1.807, 2.05) is 40.0 Å². The highest BCUT2D eigenvalue weighted by Crippen LogP contribution is 2.27. The van der Waals surface area contributed by atoms with Crippen molar-refractivity contribution in [2.24, 2.45) is 11.8 Å². The fourth-order valence-corrected chi connectivity index (χ4v) is 5.69. The van der Waals surface area contributed by atoms with Crippen LogP contribution in [0.2, 0.25) is 0 Å². The molecule has 0 saturated carbocycles. The second-order valence-electron chi connectivity index (χ2n) is 13.0. The van der Waals surface area contributed by atoms with Gasteiger partial charge in [0.25, 0.3) is 0 Å². The highest BCUT2D eigenvalue weighted by molar-refractivity contribution is 5.70. The molecule has 3 rings (SSSR count). The summed E-state index contributed by atoms with van der Waals surface area (Å²) in [4.78, 5) is 43.3. The Bertz CT molecular complexity index is 1090. The molecule has 3 heterocycles. The molecule has 2 saturated heterocycles. The highest BCUT2D eigenvalue weighted by atomic mass is 19.1. The molecule has 0 aliphatic carbocycles. The molecule has 2 N–H and O–H groups in total. The Labute approximate surface area is 266 Å². The van der Waals surface area contributed by atoms with Gasteiger partial charge in [-0.1, -0.05) is 38.2 Å². The monoisotopic (exact) mass is 637 g/mol. The number of carbonyl (C=O) groups is 3. The van der Waals surface area contributed by atoms with Crippen molar-refractivity contribution in [2.75, 3.05) is 53.1 Å². The van der Waals surface area contributed by atoms with E-state index in [9.17, 15) is 29.0 Å². The average molecular weight is 638 g/mol. The zero-order valence-electron chi connectivity index (χ0n) is 27.4. The summed E-state index contributed by atoms with van der Waals surface area (Å²) in [5.74, 6) is -1.04. The van der Waals surface area contributed by atoms with Gasteiger partial charge >= 0.3 is 18.2 Å². The van der Waals surface area contributed by atoms with Crippen LogP contribution >= 0.6 is 0 Å². The van der Waals surface area contributed by atoms with Crippen LogP contribution in [0.4, 0.5) is 14.0 Å². The Kier molecular flexibility index (Phi) is 13.9. The number of piperazine rings is 1. The van der Waals surface area contributed by atoms with Gasteiger partial charge in [-0.05, 0) is 58.2 Å². The molecule has 2 fully saturated rings. The molecule has 12 heteroatoms. The topological polar surface area (TPSA) is 129 Å². The molecule has 0 spiro atoms. The van der Waals surface area contributed by atoms with E-state index in [1.54, 1.807) is 30.1 Å². The molecule has 0 aromatic heterocycles. The normalized spacial score (nSPS) is 32.4. The van der Waals surface area contributed by atoms with Crippen LogP contribution in [0.5, 0.6) is 0 Å². The van der Waals surface area contributed by atoms with E-state index < -0.39 is 54.8 Å². The Balaban J connectivity index is 1.70. The molecule has 0 aromatic carbocycles. The van der Waals surface area contributed by atoms with Crippen molar-refractivity contribution in [1.82, 2.24) is 14.7 Å². The number of allylic oxidation sites excluding steroid dienone is 2. The number of alkyl halides is 1. The van der Waals surface area contributed by atoms with Gasteiger partial charge in [0.05, 0.1) is 25.2 Å². The van der Waals surface area contributed by atoms with E-state index >= 15 is 0 Å². The van der Waals surface area contributed by atoms with Gasteiger partial charge < -0.3 is 39.1 Å². The van der Waals surface area contributed by atoms with E-state index in [-0.39, 0.29) is 37.7 Å². The molecule has 0 unspecified atom stereocenters. The largest absolute Gasteiger partial charge is 0.457 e. The maximum Gasteiger partial charge on any atom is 0.410 e. The molecule has 3 aliphatic heterocycles. The quantitative estimate of drug-likeness (QED) is 0.185. The smallest absolute Gasteiger partial charge is 0.410 e. The first-order chi connectivity index (χ1) is 21.3. The van der Waals surface area contributed by atoms with Crippen molar-refractivity contribution < 1.29 is 43.2 Å². The molecule has 7 atom stereocenters. The Morgan fingerprint density at radius 3 is 2.58 bits per heavy atom. The van der Waals surface area contributed by atoms with Crippen LogP contribution in [-0.2, 0) is 19.0 Å². The van der Waals surface area contributed by atoms with Gasteiger partial charge in [0.1, 0.15) is 18.4 Å². The predicted molar refractivity (Wildman–Crippen MR) is 167 cm³/mol. The SMILES string of the molecule is C/C(=C\C=C\[C@@H](C)COC(=O)N1CCC[C@@H]1CF)[C@H]1OC(=O)C[C@@H](O)CC[C@](C)(O)[C@@H](OC(=O)N2CCN(C)CC2)/C=C\[C@@H]1C. The molecule has 3 aliphatic rings. The fraction of sp³-hybridized carbons (Fsp3) is 0.727. The Morgan fingerprint density at radius 2 is 1.89 bits per heavy atom. The summed E-state index contributed by atoms with van der Waals surface area (Å²) < 4.78 is 30.2. The summed E-state index contributed by atoms with van der Waals surface area (Å²) >= 11 is 0. The number of amides is 2. The van der Waals surface area contributed by atoms with Gasteiger partial charge in [-0.15, -0.1) is 0 Å². The van der Waals surface area contributed by atoms with Crippen LogP contribution in [-0.4, -0.2) is 126 Å². The number of carbonyl (C=O) groups excluding carboxylic acids is 3. The van der Waals surface area contributed by atoms with E-state index in [2.05, 4.69) is 4.90 Å². The lowest BCUT2D eigenvalue weighted by Gasteiger charge is -2.36. The van der Waals surface area contributed by atoms with Crippen molar-refractivity contribution >= 4 is 18.2 Å². The third-order valence-corrected chi connectivity index (χ3v) is 8.82. The second kappa shape index (κ2) is 17.1. The molecule has 254 valence electrons. The summed E-state index contributed by atoms with van der Waals surface area (Å²) in [5.41, 5.74) is -0.750. The number of aliphatic hydroxyl groups excluding tert-OH is 1. The van der Waals surface area contributed by atoms with E-state index in [0.29, 0.717) is 26.1 Å². The maximum atomic E-state index is 13.1. The van der Waals surface area contributed by atoms with Gasteiger partial charge in [-0.2, -0.15) is 0 Å². The standard InChI is InChI=1S/C33H52FN3O8/c1-23(22-43-32(41)37-15-7-10-26(37)21-34)8-6-9-24(2)30-25(3)11-12-28(44-31(40)36-18-16-35(5)17-19-36)33(4,42)14-13-27(38)20-29(39)45-30/h6,8-9,11-12,23,25-28,30,38,42H,7,10,13-22H2,1-5H3/b8-6+,12-11-,24-9+/t23-,25+,26-,27+,28+,30-,33+/m1/s1. The summed E-state index contributed by atoms with van der Waals surface area (Å²) in [6, 6.07) is -0.412. The van der Waals surface area contributed by atoms with Crippen molar-refractivity contribution in [1.29, 1.82) is 0 Å². The molecular formula is C33H52FN3O8. The molecule has 0 radical (unpaired) electrons. The molecule has 11 nitrogen and oxygen atoms in total. The number of ether oxygens (including phenoxy) is 3. The molecule has 0 aromatic rings. The molecule has 45 heavy (non-hydrogen) atoms. The van der Waals surface area contributed by atoms with Gasteiger partial charge in [-0.3, -0.25) is 4.79 Å².